The number of hydrogen-bond acceptors (Lipinski definition) is 5. The second-order valence-electron chi connectivity index (χ2n) is 8.31. The molecule has 0 radical (unpaired) electrons. The summed E-state index contributed by atoms with van der Waals surface area (Å²) in [5.74, 6) is -0.214. The molecule has 1 saturated heterocycles. The molecule has 2 amide bonds. The highest BCUT2D eigenvalue weighted by Crippen LogP contribution is 2.20. The molecule has 0 spiro atoms. The molecule has 0 atom stereocenters. The van der Waals surface area contributed by atoms with Gasteiger partial charge in [-0.15, -0.1) is 0 Å². The molecule has 0 bridgehead atoms. The number of benzene rings is 2. The van der Waals surface area contributed by atoms with Crippen LogP contribution in [-0.4, -0.2) is 47.9 Å². The molecule has 1 aliphatic heterocycles. The average molecular weight is 448 g/mol. The molecule has 2 N–H and O–H groups in total. The fourth-order valence-electron chi connectivity index (χ4n) is 3.53. The van der Waals surface area contributed by atoms with E-state index in [2.05, 4.69) is 20.6 Å². The first-order valence-electron chi connectivity index (χ1n) is 11.2. The molecule has 3 aromatic rings. The van der Waals surface area contributed by atoms with Gasteiger partial charge in [0.1, 0.15) is 0 Å². The van der Waals surface area contributed by atoms with Gasteiger partial charge in [0.15, 0.2) is 0 Å². The molecule has 0 saturated carbocycles. The van der Waals surface area contributed by atoms with Gasteiger partial charge in [0.05, 0.1) is 25.1 Å². The van der Waals surface area contributed by atoms with E-state index in [9.17, 15) is 9.59 Å². The van der Waals surface area contributed by atoms with Gasteiger partial charge in [-0.05, 0) is 48.5 Å². The van der Waals surface area contributed by atoms with Crippen molar-refractivity contribution in [2.75, 3.05) is 36.5 Å². The minimum atomic E-state index is -0.168. The number of amides is 2. The van der Waals surface area contributed by atoms with Gasteiger partial charge in [0.2, 0.25) is 5.91 Å². The summed E-state index contributed by atoms with van der Waals surface area (Å²) in [7, 11) is 0. The van der Waals surface area contributed by atoms with Gasteiger partial charge >= 0.3 is 0 Å². The number of nitrogens with zero attached hydrogens (tertiary/aromatic N) is 3. The maximum atomic E-state index is 12.7. The summed E-state index contributed by atoms with van der Waals surface area (Å²) in [4.78, 5) is 26.7. The molecule has 0 unspecified atom stereocenters. The second kappa shape index (κ2) is 10.3. The average Bonchev–Trinajstić information content (AvgIpc) is 3.32. The van der Waals surface area contributed by atoms with Crippen LogP contribution in [-0.2, 0) is 16.1 Å². The number of morpholine rings is 1. The number of aromatic nitrogens is 2. The first kappa shape index (κ1) is 22.5. The van der Waals surface area contributed by atoms with Crippen LogP contribution in [0.5, 0.6) is 0 Å². The molecule has 8 heteroatoms. The number of hydrogen-bond donors (Lipinski definition) is 2. The Morgan fingerprint density at radius 3 is 2.33 bits per heavy atom. The first-order valence-corrected chi connectivity index (χ1v) is 11.2. The van der Waals surface area contributed by atoms with Crippen LogP contribution in [0.2, 0.25) is 0 Å². The van der Waals surface area contributed by atoms with Crippen LogP contribution in [0.15, 0.2) is 60.9 Å². The standard InChI is InChI=1S/C25H29N5O3/c1-18(2)24(31)26-15-19-16-27-30(17-19)23-7-3-20(4-8-23)25(32)28-21-5-9-22(10-6-21)29-11-13-33-14-12-29/h3-10,16-18H,11-15H2,1-2H3,(H,26,31)(H,28,32). The van der Waals surface area contributed by atoms with Crippen LogP contribution in [0.1, 0.15) is 29.8 Å². The Bertz CT molecular complexity index is 1080. The van der Waals surface area contributed by atoms with Crippen molar-refractivity contribution in [2.24, 2.45) is 5.92 Å². The van der Waals surface area contributed by atoms with Crippen molar-refractivity contribution >= 4 is 23.2 Å². The number of ether oxygens (including phenoxy) is 1. The zero-order valence-corrected chi connectivity index (χ0v) is 19.0. The monoisotopic (exact) mass is 447 g/mol. The molecule has 2 heterocycles. The van der Waals surface area contributed by atoms with Crippen molar-refractivity contribution < 1.29 is 14.3 Å². The number of anilines is 2. The molecule has 1 aromatic heterocycles. The maximum Gasteiger partial charge on any atom is 0.255 e. The zero-order valence-electron chi connectivity index (χ0n) is 19.0. The van der Waals surface area contributed by atoms with Crippen molar-refractivity contribution in [1.82, 2.24) is 15.1 Å². The Hall–Kier alpha value is -3.65. The highest BCUT2D eigenvalue weighted by atomic mass is 16.5. The largest absolute Gasteiger partial charge is 0.378 e. The van der Waals surface area contributed by atoms with E-state index in [-0.39, 0.29) is 17.7 Å². The van der Waals surface area contributed by atoms with Crippen LogP contribution < -0.4 is 15.5 Å². The Morgan fingerprint density at radius 2 is 1.67 bits per heavy atom. The number of nitrogens with one attached hydrogen (secondary N) is 2. The molecule has 8 nitrogen and oxygen atoms in total. The Labute approximate surface area is 193 Å². The van der Waals surface area contributed by atoms with E-state index in [1.54, 1.807) is 23.0 Å². The van der Waals surface area contributed by atoms with Crippen LogP contribution in [0.4, 0.5) is 11.4 Å². The molecular weight excluding hydrogens is 418 g/mol. The Balaban J connectivity index is 1.34. The smallest absolute Gasteiger partial charge is 0.255 e. The van der Waals surface area contributed by atoms with Gasteiger partial charge in [0.25, 0.3) is 5.91 Å². The van der Waals surface area contributed by atoms with E-state index in [1.807, 2.05) is 56.4 Å². The minimum Gasteiger partial charge on any atom is -0.378 e. The summed E-state index contributed by atoms with van der Waals surface area (Å²) in [6.45, 7) is 7.38. The molecule has 172 valence electrons. The lowest BCUT2D eigenvalue weighted by molar-refractivity contribution is -0.124. The lowest BCUT2D eigenvalue weighted by Crippen LogP contribution is -2.36. The normalized spacial score (nSPS) is 13.7. The molecule has 1 aliphatic rings. The van der Waals surface area contributed by atoms with Crippen molar-refractivity contribution in [3.8, 4) is 5.69 Å². The molecule has 2 aromatic carbocycles. The number of rotatable bonds is 7. The third-order valence-corrected chi connectivity index (χ3v) is 5.52. The third kappa shape index (κ3) is 5.78. The number of carbonyl (C=O) groups excluding carboxylic acids is 2. The molecule has 1 fully saturated rings. The number of carbonyl (C=O) groups is 2. The quantitative estimate of drug-likeness (QED) is 0.581. The summed E-state index contributed by atoms with van der Waals surface area (Å²) < 4.78 is 7.12. The molecular formula is C25H29N5O3. The second-order valence-corrected chi connectivity index (χ2v) is 8.31. The van der Waals surface area contributed by atoms with Crippen molar-refractivity contribution in [2.45, 2.75) is 20.4 Å². The topological polar surface area (TPSA) is 88.5 Å². The summed E-state index contributed by atoms with van der Waals surface area (Å²) >= 11 is 0. The predicted octanol–water partition coefficient (Wildman–Crippen LogP) is 3.23. The van der Waals surface area contributed by atoms with Gasteiger partial charge in [-0.2, -0.15) is 5.10 Å². The Kier molecular flexibility index (Phi) is 7.04. The molecule has 4 rings (SSSR count). The van der Waals surface area contributed by atoms with E-state index in [1.165, 1.54) is 0 Å². The third-order valence-electron chi connectivity index (χ3n) is 5.52. The van der Waals surface area contributed by atoms with Crippen LogP contribution in [0.3, 0.4) is 0 Å². The highest BCUT2D eigenvalue weighted by Gasteiger charge is 2.12. The zero-order chi connectivity index (χ0) is 23.2. The molecule has 0 aliphatic carbocycles. The fourth-order valence-corrected chi connectivity index (χ4v) is 3.53. The van der Waals surface area contributed by atoms with E-state index in [0.717, 1.165) is 48.9 Å². The van der Waals surface area contributed by atoms with Gasteiger partial charge in [-0.1, -0.05) is 13.8 Å². The summed E-state index contributed by atoms with van der Waals surface area (Å²) in [6.07, 6.45) is 3.59. The van der Waals surface area contributed by atoms with E-state index in [0.29, 0.717) is 12.1 Å². The maximum absolute atomic E-state index is 12.7. The lowest BCUT2D eigenvalue weighted by atomic mass is 10.2. The van der Waals surface area contributed by atoms with E-state index >= 15 is 0 Å². The highest BCUT2D eigenvalue weighted by molar-refractivity contribution is 6.04. The fraction of sp³-hybridized carbons (Fsp3) is 0.320. The summed E-state index contributed by atoms with van der Waals surface area (Å²) in [5.41, 5.74) is 4.19. The van der Waals surface area contributed by atoms with E-state index in [4.69, 9.17) is 4.74 Å². The van der Waals surface area contributed by atoms with Crippen LogP contribution in [0, 0.1) is 5.92 Å². The van der Waals surface area contributed by atoms with Crippen LogP contribution in [0.25, 0.3) is 5.69 Å². The summed E-state index contributed by atoms with van der Waals surface area (Å²) in [5, 5.41) is 10.2. The van der Waals surface area contributed by atoms with E-state index < -0.39 is 0 Å². The van der Waals surface area contributed by atoms with Gasteiger partial charge in [0, 0.05) is 54.3 Å². The SMILES string of the molecule is CC(C)C(=O)NCc1cnn(-c2ccc(C(=O)Nc3ccc(N4CCOCC4)cc3)cc2)c1. The Morgan fingerprint density at radius 1 is 1.00 bits per heavy atom. The van der Waals surface area contributed by atoms with Crippen molar-refractivity contribution in [1.29, 1.82) is 0 Å². The van der Waals surface area contributed by atoms with Crippen molar-refractivity contribution in [3.05, 3.63) is 72.1 Å². The predicted molar refractivity (Wildman–Crippen MR) is 128 cm³/mol. The van der Waals surface area contributed by atoms with Gasteiger partial charge in [-0.25, -0.2) is 4.68 Å². The van der Waals surface area contributed by atoms with Gasteiger partial charge < -0.3 is 20.3 Å². The molecule has 33 heavy (non-hydrogen) atoms. The minimum absolute atomic E-state index is 0.00819. The summed E-state index contributed by atoms with van der Waals surface area (Å²) in [6, 6.07) is 15.1. The van der Waals surface area contributed by atoms with Crippen molar-refractivity contribution in [3.63, 3.8) is 0 Å². The first-order chi connectivity index (χ1) is 16.0. The van der Waals surface area contributed by atoms with Crippen LogP contribution >= 0.6 is 0 Å². The lowest BCUT2D eigenvalue weighted by Gasteiger charge is -2.28. The van der Waals surface area contributed by atoms with Gasteiger partial charge in [-0.3, -0.25) is 9.59 Å².